The first-order chi connectivity index (χ1) is 8.84. The summed E-state index contributed by atoms with van der Waals surface area (Å²) in [5.74, 6) is 0.624. The number of rotatable bonds is 1. The molecule has 0 fully saturated rings. The summed E-state index contributed by atoms with van der Waals surface area (Å²) in [6.07, 6.45) is 10.8. The second-order valence-corrected chi connectivity index (χ2v) is 4.15. The van der Waals surface area contributed by atoms with E-state index in [9.17, 15) is 4.79 Å². The summed E-state index contributed by atoms with van der Waals surface area (Å²) in [5.41, 5.74) is 1.58. The molecule has 2 heteroatoms. The molecule has 0 unspecified atom stereocenters. The summed E-state index contributed by atoms with van der Waals surface area (Å²) in [6.45, 7) is 0. The van der Waals surface area contributed by atoms with E-state index in [2.05, 4.69) is 6.08 Å². The highest BCUT2D eigenvalue weighted by molar-refractivity contribution is 5.80. The number of hydrogen-bond donors (Lipinski definition) is 0. The lowest BCUT2D eigenvalue weighted by atomic mass is 10.1. The fraction of sp³-hybridized carbons (Fsp3) is 0.0625. The molecule has 0 N–H and O–H groups in total. The quantitative estimate of drug-likeness (QED) is 0.755. The lowest BCUT2D eigenvalue weighted by Gasteiger charge is -2.03. The van der Waals surface area contributed by atoms with Crippen LogP contribution in [0, 0.1) is 0 Å². The molecule has 0 amide bonds. The van der Waals surface area contributed by atoms with E-state index < -0.39 is 0 Å². The van der Waals surface area contributed by atoms with E-state index in [1.807, 2.05) is 42.5 Å². The van der Waals surface area contributed by atoms with E-state index in [-0.39, 0.29) is 5.43 Å². The molecule has 88 valence electrons. The second-order valence-electron chi connectivity index (χ2n) is 4.15. The summed E-state index contributed by atoms with van der Waals surface area (Å²) >= 11 is 0. The smallest absolute Gasteiger partial charge is 0.193 e. The molecular weight excluding hydrogens is 224 g/mol. The third-order valence-electron chi connectivity index (χ3n) is 2.92. The van der Waals surface area contributed by atoms with Crippen LogP contribution in [-0.2, 0) is 0 Å². The molecule has 1 aromatic heterocycles. The van der Waals surface area contributed by atoms with Gasteiger partial charge in [-0.05, 0) is 18.6 Å². The van der Waals surface area contributed by atoms with Gasteiger partial charge in [0.2, 0.25) is 0 Å². The van der Waals surface area contributed by atoms with Crippen molar-refractivity contribution >= 4 is 16.5 Å². The molecule has 2 nitrogen and oxygen atoms in total. The Bertz CT molecular complexity index is 730. The highest BCUT2D eigenvalue weighted by Crippen LogP contribution is 2.21. The van der Waals surface area contributed by atoms with Gasteiger partial charge in [0.15, 0.2) is 5.43 Å². The van der Waals surface area contributed by atoms with Crippen LogP contribution in [0.2, 0.25) is 0 Å². The van der Waals surface area contributed by atoms with Crippen molar-refractivity contribution in [1.82, 2.24) is 0 Å². The lowest BCUT2D eigenvalue weighted by molar-refractivity contribution is 0.587. The Balaban J connectivity index is 2.19. The Kier molecular flexibility index (Phi) is 2.69. The zero-order valence-electron chi connectivity index (χ0n) is 9.80. The van der Waals surface area contributed by atoms with Gasteiger partial charge < -0.3 is 4.42 Å². The normalized spacial score (nSPS) is 14.6. The van der Waals surface area contributed by atoms with Crippen LogP contribution in [0.4, 0.5) is 0 Å². The predicted octanol–water partition coefficient (Wildman–Crippen LogP) is 3.69. The number of para-hydroxylation sites is 1. The third kappa shape index (κ3) is 1.93. The molecule has 1 aliphatic carbocycles. The van der Waals surface area contributed by atoms with E-state index in [4.69, 9.17) is 4.42 Å². The van der Waals surface area contributed by atoms with Gasteiger partial charge in [0.1, 0.15) is 11.3 Å². The van der Waals surface area contributed by atoms with Crippen molar-refractivity contribution in [3.63, 3.8) is 0 Å². The van der Waals surface area contributed by atoms with Gasteiger partial charge in [0, 0.05) is 11.6 Å². The Labute approximate surface area is 105 Å². The summed E-state index contributed by atoms with van der Waals surface area (Å²) in [5, 5.41) is 0.623. The zero-order chi connectivity index (χ0) is 12.4. The fourth-order valence-corrected chi connectivity index (χ4v) is 2.01. The first kappa shape index (κ1) is 10.8. The van der Waals surface area contributed by atoms with Crippen LogP contribution in [0.25, 0.3) is 16.5 Å². The Hall–Kier alpha value is -2.35. The average Bonchev–Trinajstić information content (AvgIpc) is 2.67. The van der Waals surface area contributed by atoms with E-state index in [1.54, 1.807) is 12.1 Å². The van der Waals surface area contributed by atoms with Gasteiger partial charge in [-0.15, -0.1) is 0 Å². The Morgan fingerprint density at radius 1 is 1.11 bits per heavy atom. The molecule has 0 saturated heterocycles. The Morgan fingerprint density at radius 3 is 2.94 bits per heavy atom. The SMILES string of the molecule is O=c1cc(C2=CCC=CC=C2)oc2ccccc12. The molecule has 3 rings (SSSR count). The van der Waals surface area contributed by atoms with Gasteiger partial charge in [-0.25, -0.2) is 0 Å². The minimum Gasteiger partial charge on any atom is -0.456 e. The maximum Gasteiger partial charge on any atom is 0.193 e. The zero-order valence-corrected chi connectivity index (χ0v) is 9.80. The van der Waals surface area contributed by atoms with Gasteiger partial charge in [-0.2, -0.15) is 0 Å². The molecule has 0 bridgehead atoms. The van der Waals surface area contributed by atoms with Crippen molar-refractivity contribution in [1.29, 1.82) is 0 Å². The molecular formula is C16H12O2. The van der Waals surface area contributed by atoms with Crippen LogP contribution in [-0.4, -0.2) is 0 Å². The first-order valence-electron chi connectivity index (χ1n) is 5.91. The maximum absolute atomic E-state index is 12.0. The van der Waals surface area contributed by atoms with Gasteiger partial charge in [-0.1, -0.05) is 42.5 Å². The van der Waals surface area contributed by atoms with E-state index in [1.165, 1.54) is 0 Å². The van der Waals surface area contributed by atoms with Crippen molar-refractivity contribution in [2.45, 2.75) is 6.42 Å². The average molecular weight is 236 g/mol. The van der Waals surface area contributed by atoms with Crippen LogP contribution in [0.15, 0.2) is 69.9 Å². The highest BCUT2D eigenvalue weighted by Gasteiger charge is 2.06. The molecule has 0 atom stereocenters. The molecule has 0 radical (unpaired) electrons. The van der Waals surface area contributed by atoms with Crippen LogP contribution in [0.5, 0.6) is 0 Å². The van der Waals surface area contributed by atoms with Crippen LogP contribution >= 0.6 is 0 Å². The second kappa shape index (κ2) is 4.49. The minimum absolute atomic E-state index is 0.00152. The number of hydrogen-bond acceptors (Lipinski definition) is 2. The van der Waals surface area contributed by atoms with Crippen molar-refractivity contribution in [3.8, 4) is 0 Å². The van der Waals surface area contributed by atoms with Crippen molar-refractivity contribution in [2.24, 2.45) is 0 Å². The number of allylic oxidation sites excluding steroid dienone is 6. The van der Waals surface area contributed by atoms with Crippen molar-refractivity contribution in [3.05, 3.63) is 76.7 Å². The monoisotopic (exact) mass is 236 g/mol. The van der Waals surface area contributed by atoms with Crippen LogP contribution in [0.1, 0.15) is 12.2 Å². The summed E-state index contributed by atoms with van der Waals surface area (Å²) in [6, 6.07) is 8.87. The summed E-state index contributed by atoms with van der Waals surface area (Å²) < 4.78 is 5.79. The molecule has 0 aliphatic heterocycles. The van der Waals surface area contributed by atoms with Gasteiger partial charge in [0.25, 0.3) is 0 Å². The van der Waals surface area contributed by atoms with Crippen molar-refractivity contribution in [2.75, 3.05) is 0 Å². The maximum atomic E-state index is 12.0. The predicted molar refractivity (Wildman–Crippen MR) is 73.4 cm³/mol. The summed E-state index contributed by atoms with van der Waals surface area (Å²) in [7, 11) is 0. The molecule has 0 spiro atoms. The fourth-order valence-electron chi connectivity index (χ4n) is 2.01. The van der Waals surface area contributed by atoms with Gasteiger partial charge >= 0.3 is 0 Å². The number of benzene rings is 1. The van der Waals surface area contributed by atoms with Gasteiger partial charge in [-0.3, -0.25) is 4.79 Å². The molecule has 1 aromatic carbocycles. The summed E-state index contributed by atoms with van der Waals surface area (Å²) in [4.78, 5) is 12.0. The largest absolute Gasteiger partial charge is 0.456 e. The molecule has 1 heterocycles. The molecule has 1 aliphatic rings. The molecule has 18 heavy (non-hydrogen) atoms. The van der Waals surface area contributed by atoms with E-state index in [0.717, 1.165) is 12.0 Å². The molecule has 0 saturated carbocycles. The highest BCUT2D eigenvalue weighted by atomic mass is 16.3. The molecule has 2 aromatic rings. The minimum atomic E-state index is -0.00152. The van der Waals surface area contributed by atoms with Crippen LogP contribution in [0.3, 0.4) is 0 Å². The number of fused-ring (bicyclic) bond motifs is 1. The van der Waals surface area contributed by atoms with E-state index >= 15 is 0 Å². The Morgan fingerprint density at radius 2 is 2.00 bits per heavy atom. The first-order valence-corrected chi connectivity index (χ1v) is 5.91. The van der Waals surface area contributed by atoms with Crippen LogP contribution < -0.4 is 5.43 Å². The van der Waals surface area contributed by atoms with Crippen molar-refractivity contribution < 1.29 is 4.42 Å². The standard InChI is InChI=1S/C16H12O2/c17-14-11-16(12-7-3-1-2-4-8-12)18-15-10-6-5-9-13(14)15/h1-3,5-11H,4H2. The van der Waals surface area contributed by atoms with Gasteiger partial charge in [0.05, 0.1) is 5.39 Å². The third-order valence-corrected chi connectivity index (χ3v) is 2.92. The topological polar surface area (TPSA) is 30.2 Å². The lowest BCUT2D eigenvalue weighted by Crippen LogP contribution is -2.01. The van der Waals surface area contributed by atoms with E-state index in [0.29, 0.717) is 16.7 Å².